The van der Waals surface area contributed by atoms with E-state index in [0.29, 0.717) is 6.04 Å². The summed E-state index contributed by atoms with van der Waals surface area (Å²) in [6.07, 6.45) is 11.7. The third-order valence-corrected chi connectivity index (χ3v) is 6.73. The minimum atomic E-state index is 0.289. The van der Waals surface area contributed by atoms with Crippen LogP contribution in [0, 0.1) is 0 Å². The third kappa shape index (κ3) is 4.03. The highest BCUT2D eigenvalue weighted by molar-refractivity contribution is 7.12. The molecule has 0 aromatic carbocycles. The van der Waals surface area contributed by atoms with Crippen molar-refractivity contribution in [2.24, 2.45) is 0 Å². The molecule has 1 aliphatic heterocycles. The van der Waals surface area contributed by atoms with Crippen molar-refractivity contribution in [3.05, 3.63) is 35.6 Å². The summed E-state index contributed by atoms with van der Waals surface area (Å²) >= 11 is 1.68. The van der Waals surface area contributed by atoms with Crippen LogP contribution in [-0.4, -0.2) is 62.8 Å². The first-order chi connectivity index (χ1) is 12.8. The molecule has 0 radical (unpaired) electrons. The van der Waals surface area contributed by atoms with E-state index in [1.54, 1.807) is 11.3 Å². The molecule has 0 unspecified atom stereocenters. The maximum Gasteiger partial charge on any atom is 0.193 e. The summed E-state index contributed by atoms with van der Waals surface area (Å²) in [6.45, 7) is 4.54. The number of hydrogen-bond donors (Lipinski definition) is 1. The molecule has 2 aliphatic rings. The molecule has 3 heterocycles. The second-order valence-corrected chi connectivity index (χ2v) is 8.49. The highest BCUT2D eigenvalue weighted by Gasteiger charge is 2.32. The first-order valence-electron chi connectivity index (χ1n) is 10.00. The number of hydrogen-bond acceptors (Lipinski definition) is 5. The van der Waals surface area contributed by atoms with Crippen molar-refractivity contribution in [3.8, 4) is 5.13 Å². The quantitative estimate of drug-likeness (QED) is 0.844. The molecule has 1 aliphatic carbocycles. The first kappa shape index (κ1) is 18.2. The normalized spacial score (nSPS) is 23.5. The summed E-state index contributed by atoms with van der Waals surface area (Å²) in [4.78, 5) is 9.72. The van der Waals surface area contributed by atoms with Crippen molar-refractivity contribution >= 4 is 11.3 Å². The molecular formula is C20H30N4OS. The average Bonchev–Trinajstić information content (AvgIpc) is 3.34. The molecule has 0 spiro atoms. The van der Waals surface area contributed by atoms with Gasteiger partial charge < -0.3 is 5.11 Å². The van der Waals surface area contributed by atoms with Crippen LogP contribution < -0.4 is 0 Å². The summed E-state index contributed by atoms with van der Waals surface area (Å²) in [7, 11) is 0. The van der Waals surface area contributed by atoms with E-state index < -0.39 is 0 Å². The molecule has 1 saturated carbocycles. The zero-order valence-electron chi connectivity index (χ0n) is 15.5. The van der Waals surface area contributed by atoms with Gasteiger partial charge in [-0.1, -0.05) is 19.3 Å². The maximum atomic E-state index is 9.59. The van der Waals surface area contributed by atoms with Crippen molar-refractivity contribution in [3.63, 3.8) is 0 Å². The van der Waals surface area contributed by atoms with Crippen molar-refractivity contribution in [1.29, 1.82) is 0 Å². The number of aliphatic hydroxyl groups excluding tert-OH is 1. The molecule has 2 fully saturated rings. The van der Waals surface area contributed by atoms with Crippen molar-refractivity contribution in [2.75, 3.05) is 26.2 Å². The number of rotatable bonds is 6. The van der Waals surface area contributed by atoms with Crippen LogP contribution in [0.5, 0.6) is 0 Å². The van der Waals surface area contributed by atoms with Crippen LogP contribution in [-0.2, 0) is 6.54 Å². The molecular weight excluding hydrogens is 344 g/mol. The lowest BCUT2D eigenvalue weighted by molar-refractivity contribution is 0.0131. The molecule has 5 nitrogen and oxygen atoms in total. The lowest BCUT2D eigenvalue weighted by atomic mass is 9.92. The Bertz CT molecular complexity index is 665. The molecule has 1 saturated heterocycles. The Morgan fingerprint density at radius 1 is 1.19 bits per heavy atom. The lowest BCUT2D eigenvalue weighted by Crippen LogP contribution is -2.56. The molecule has 142 valence electrons. The summed E-state index contributed by atoms with van der Waals surface area (Å²) in [6, 6.07) is 5.54. The van der Waals surface area contributed by atoms with Crippen LogP contribution in [0.3, 0.4) is 0 Å². The van der Waals surface area contributed by atoms with Gasteiger partial charge in [0.25, 0.3) is 0 Å². The van der Waals surface area contributed by atoms with Gasteiger partial charge in [0.2, 0.25) is 0 Å². The maximum absolute atomic E-state index is 9.59. The van der Waals surface area contributed by atoms with E-state index in [0.717, 1.165) is 43.8 Å². The first-order valence-corrected chi connectivity index (χ1v) is 10.9. The number of aliphatic hydroxyl groups is 1. The van der Waals surface area contributed by atoms with Crippen molar-refractivity contribution < 1.29 is 5.11 Å². The number of aromatic nitrogens is 2. The molecule has 26 heavy (non-hydrogen) atoms. The van der Waals surface area contributed by atoms with E-state index in [2.05, 4.69) is 37.7 Å². The Morgan fingerprint density at radius 2 is 2.08 bits per heavy atom. The summed E-state index contributed by atoms with van der Waals surface area (Å²) in [5, 5.41) is 12.7. The molecule has 0 amide bonds. The van der Waals surface area contributed by atoms with Gasteiger partial charge in [-0.25, -0.2) is 4.98 Å². The lowest BCUT2D eigenvalue weighted by Gasteiger charge is -2.46. The van der Waals surface area contributed by atoms with Crippen LogP contribution >= 0.6 is 11.3 Å². The molecule has 4 rings (SSSR count). The Morgan fingerprint density at radius 3 is 2.85 bits per heavy atom. The molecule has 6 heteroatoms. The van der Waals surface area contributed by atoms with E-state index in [-0.39, 0.29) is 6.61 Å². The van der Waals surface area contributed by atoms with Crippen molar-refractivity contribution in [1.82, 2.24) is 19.4 Å². The molecule has 1 atom stereocenters. The second-order valence-electron chi connectivity index (χ2n) is 7.62. The van der Waals surface area contributed by atoms with Gasteiger partial charge in [-0.3, -0.25) is 14.4 Å². The zero-order valence-corrected chi connectivity index (χ0v) is 16.3. The second kappa shape index (κ2) is 8.65. The topological polar surface area (TPSA) is 44.5 Å². The van der Waals surface area contributed by atoms with Gasteiger partial charge in [0.15, 0.2) is 5.13 Å². The van der Waals surface area contributed by atoms with Gasteiger partial charge in [-0.05, 0) is 31.4 Å². The number of nitrogens with zero attached hydrogens (tertiary/aromatic N) is 4. The molecule has 0 bridgehead atoms. The van der Waals surface area contributed by atoms with Crippen LogP contribution in [0.1, 0.15) is 44.2 Å². The fraction of sp³-hybridized carbons (Fsp3) is 0.650. The monoisotopic (exact) mass is 374 g/mol. The number of thiazole rings is 1. The van der Waals surface area contributed by atoms with E-state index in [9.17, 15) is 5.11 Å². The van der Waals surface area contributed by atoms with Gasteiger partial charge in [0.1, 0.15) is 0 Å². The standard InChI is InChI=1S/C20H30N4OS/c25-13-8-19-16-22(11-12-23(19)17-5-2-1-3-6-17)15-18-7-4-10-24(18)20-21-9-14-26-20/h4,7,9-10,14,17,19,25H,1-3,5-6,8,11-13,15-16H2/t19-/m0/s1. The number of piperazine rings is 1. The van der Waals surface area contributed by atoms with Crippen LogP contribution in [0.15, 0.2) is 29.9 Å². The zero-order chi connectivity index (χ0) is 17.8. The van der Waals surface area contributed by atoms with E-state index in [4.69, 9.17) is 0 Å². The molecule has 2 aromatic heterocycles. The van der Waals surface area contributed by atoms with Gasteiger partial charge in [-0.15, -0.1) is 11.3 Å². The fourth-order valence-electron chi connectivity index (χ4n) is 4.67. The largest absolute Gasteiger partial charge is 0.396 e. The minimum Gasteiger partial charge on any atom is -0.396 e. The third-order valence-electron chi connectivity index (χ3n) is 5.96. The predicted molar refractivity (Wildman–Crippen MR) is 106 cm³/mol. The Hall–Kier alpha value is -1.21. The van der Waals surface area contributed by atoms with Crippen molar-refractivity contribution in [2.45, 2.75) is 57.2 Å². The summed E-state index contributed by atoms with van der Waals surface area (Å²) in [5.74, 6) is 0. The van der Waals surface area contributed by atoms with Crippen LogP contribution in [0.4, 0.5) is 0 Å². The highest BCUT2D eigenvalue weighted by Crippen LogP contribution is 2.27. The minimum absolute atomic E-state index is 0.289. The van der Waals surface area contributed by atoms with Crippen LogP contribution in [0.2, 0.25) is 0 Å². The van der Waals surface area contributed by atoms with Crippen LogP contribution in [0.25, 0.3) is 5.13 Å². The Labute approximate surface area is 160 Å². The van der Waals surface area contributed by atoms with Gasteiger partial charge in [0, 0.05) is 68.3 Å². The van der Waals surface area contributed by atoms with Gasteiger partial charge in [-0.2, -0.15) is 0 Å². The summed E-state index contributed by atoms with van der Waals surface area (Å²) in [5.41, 5.74) is 1.30. The fourth-order valence-corrected chi connectivity index (χ4v) is 5.33. The average molecular weight is 375 g/mol. The Kier molecular flexibility index (Phi) is 6.05. The van der Waals surface area contributed by atoms with E-state index >= 15 is 0 Å². The highest BCUT2D eigenvalue weighted by atomic mass is 32.1. The van der Waals surface area contributed by atoms with Gasteiger partial charge >= 0.3 is 0 Å². The molecule has 1 N–H and O–H groups in total. The van der Waals surface area contributed by atoms with Gasteiger partial charge in [0.05, 0.1) is 0 Å². The smallest absolute Gasteiger partial charge is 0.193 e. The predicted octanol–water partition coefficient (Wildman–Crippen LogP) is 3.14. The Balaban J connectivity index is 1.42. The van der Waals surface area contributed by atoms with E-state index in [1.807, 2.05) is 11.6 Å². The summed E-state index contributed by atoms with van der Waals surface area (Å²) < 4.78 is 2.21. The molecule has 2 aromatic rings. The SMILES string of the molecule is OCC[C@H]1CN(Cc2cccn2-c2nccs2)CCN1C1CCCCC1. The van der Waals surface area contributed by atoms with E-state index in [1.165, 1.54) is 37.8 Å².